The van der Waals surface area contributed by atoms with Crippen LogP contribution >= 0.6 is 22.7 Å². The van der Waals surface area contributed by atoms with Crippen LogP contribution in [0.2, 0.25) is 0 Å². The van der Waals surface area contributed by atoms with Crippen LogP contribution < -0.4 is 5.32 Å². The summed E-state index contributed by atoms with van der Waals surface area (Å²) in [5.41, 5.74) is 1.93. The molecule has 0 aliphatic carbocycles. The molecule has 1 aliphatic heterocycles. The lowest BCUT2D eigenvalue weighted by Crippen LogP contribution is -2.32. The van der Waals surface area contributed by atoms with Gasteiger partial charge in [-0.15, -0.1) is 21.5 Å². The van der Waals surface area contributed by atoms with Gasteiger partial charge in [0.05, 0.1) is 21.8 Å². The smallest absolute Gasteiger partial charge is 0.282 e. The van der Waals surface area contributed by atoms with Gasteiger partial charge in [0.15, 0.2) is 0 Å². The van der Waals surface area contributed by atoms with E-state index in [-0.39, 0.29) is 11.7 Å². The van der Waals surface area contributed by atoms with Crippen LogP contribution in [-0.4, -0.2) is 39.1 Å². The Balaban J connectivity index is 1.12. The van der Waals surface area contributed by atoms with E-state index in [0.717, 1.165) is 42.0 Å². The fourth-order valence-electron chi connectivity index (χ4n) is 3.86. The molecule has 5 rings (SSSR count). The second-order valence-corrected chi connectivity index (χ2v) is 10.0. The van der Waals surface area contributed by atoms with E-state index in [4.69, 9.17) is 4.98 Å². The normalized spacial score (nSPS) is 15.3. The lowest BCUT2D eigenvalue weighted by Gasteiger charge is -2.30. The molecule has 1 saturated heterocycles. The number of para-hydroxylation sites is 1. The van der Waals surface area contributed by atoms with Gasteiger partial charge in [-0.1, -0.05) is 35.6 Å². The van der Waals surface area contributed by atoms with Crippen LogP contribution in [0, 0.1) is 5.82 Å². The summed E-state index contributed by atoms with van der Waals surface area (Å²) in [4.78, 5) is 19.6. The highest BCUT2D eigenvalue weighted by molar-refractivity contribution is 7.18. The average molecular weight is 468 g/mol. The van der Waals surface area contributed by atoms with Gasteiger partial charge in [-0.3, -0.25) is 9.69 Å². The first kappa shape index (κ1) is 21.1. The lowest BCUT2D eigenvalue weighted by atomic mass is 9.97. The Morgan fingerprint density at radius 2 is 1.84 bits per heavy atom. The summed E-state index contributed by atoms with van der Waals surface area (Å²) in [7, 11) is 0. The van der Waals surface area contributed by atoms with Gasteiger partial charge in [0.2, 0.25) is 5.01 Å². The summed E-state index contributed by atoms with van der Waals surface area (Å²) in [5.74, 6) is -0.0450. The number of carbonyl (C=O) groups excluding carboxylic acids is 1. The highest BCUT2D eigenvalue weighted by Crippen LogP contribution is 2.34. The largest absolute Gasteiger partial charge is 0.346 e. The zero-order chi connectivity index (χ0) is 21.9. The predicted octanol–water partition coefficient (Wildman–Crippen LogP) is 4.60. The maximum atomic E-state index is 13.0. The van der Waals surface area contributed by atoms with E-state index in [1.807, 2.05) is 6.07 Å². The number of fused-ring (bicyclic) bond motifs is 1. The molecule has 2 aromatic carbocycles. The van der Waals surface area contributed by atoms with Crippen molar-refractivity contribution >= 4 is 38.8 Å². The molecule has 32 heavy (non-hydrogen) atoms. The van der Waals surface area contributed by atoms with Crippen molar-refractivity contribution in [2.75, 3.05) is 13.1 Å². The Kier molecular flexibility index (Phi) is 6.20. The van der Waals surface area contributed by atoms with Crippen molar-refractivity contribution < 1.29 is 9.18 Å². The number of hydrogen-bond acceptors (Lipinski definition) is 7. The molecular weight excluding hydrogens is 445 g/mol. The number of benzene rings is 2. The van der Waals surface area contributed by atoms with E-state index in [1.54, 1.807) is 23.5 Å². The van der Waals surface area contributed by atoms with Crippen molar-refractivity contribution in [1.82, 2.24) is 25.4 Å². The number of rotatable bonds is 6. The van der Waals surface area contributed by atoms with Crippen LogP contribution in [0.1, 0.15) is 44.1 Å². The molecule has 4 aromatic rings. The number of carbonyl (C=O) groups is 1. The standard InChI is InChI=1S/C23H22FN5OS2/c24-17-7-5-15(6-8-17)13-25-21(30)23-28-27-20(32-23)14-29-11-9-16(10-12-29)22-26-18-3-1-2-4-19(18)31-22/h1-8,16H,9-14H2,(H,25,30). The Morgan fingerprint density at radius 3 is 2.62 bits per heavy atom. The van der Waals surface area contributed by atoms with Crippen LogP contribution in [0.4, 0.5) is 4.39 Å². The molecule has 0 atom stereocenters. The number of nitrogens with zero attached hydrogens (tertiary/aromatic N) is 4. The van der Waals surface area contributed by atoms with Crippen molar-refractivity contribution in [2.24, 2.45) is 0 Å². The van der Waals surface area contributed by atoms with E-state index < -0.39 is 0 Å². The van der Waals surface area contributed by atoms with Crippen molar-refractivity contribution in [2.45, 2.75) is 31.8 Å². The Bertz CT molecular complexity index is 1180. The monoisotopic (exact) mass is 467 g/mol. The molecule has 1 aliphatic rings. The number of piperidine rings is 1. The molecule has 3 heterocycles. The van der Waals surface area contributed by atoms with Gasteiger partial charge in [0.25, 0.3) is 5.91 Å². The number of nitrogens with one attached hydrogen (secondary N) is 1. The summed E-state index contributed by atoms with van der Waals surface area (Å²) in [6, 6.07) is 14.4. The molecule has 9 heteroatoms. The average Bonchev–Trinajstić information content (AvgIpc) is 3.46. The SMILES string of the molecule is O=C(NCc1ccc(F)cc1)c1nnc(CN2CCC(c3nc4ccccc4s3)CC2)s1. The van der Waals surface area contributed by atoms with Gasteiger partial charge in [0.1, 0.15) is 10.8 Å². The van der Waals surface area contributed by atoms with Gasteiger partial charge in [-0.2, -0.15) is 0 Å². The van der Waals surface area contributed by atoms with Gasteiger partial charge in [0, 0.05) is 12.5 Å². The first-order valence-corrected chi connectivity index (χ1v) is 12.2. The molecule has 0 spiro atoms. The van der Waals surface area contributed by atoms with Crippen molar-refractivity contribution in [3.05, 3.63) is 74.9 Å². The zero-order valence-corrected chi connectivity index (χ0v) is 19.0. The maximum absolute atomic E-state index is 13.0. The van der Waals surface area contributed by atoms with Crippen molar-refractivity contribution in [3.63, 3.8) is 0 Å². The van der Waals surface area contributed by atoms with Gasteiger partial charge in [-0.05, 0) is 55.8 Å². The quantitative estimate of drug-likeness (QED) is 0.449. The van der Waals surface area contributed by atoms with Gasteiger partial charge >= 0.3 is 0 Å². The van der Waals surface area contributed by atoms with Gasteiger partial charge in [-0.25, -0.2) is 9.37 Å². The lowest BCUT2D eigenvalue weighted by molar-refractivity contribution is 0.0950. The Labute approximate surface area is 193 Å². The first-order valence-electron chi connectivity index (χ1n) is 10.6. The topological polar surface area (TPSA) is 71.0 Å². The summed E-state index contributed by atoms with van der Waals surface area (Å²) in [6.07, 6.45) is 2.15. The third kappa shape index (κ3) is 4.85. The van der Waals surface area contributed by atoms with Crippen LogP contribution in [0.15, 0.2) is 48.5 Å². The summed E-state index contributed by atoms with van der Waals surface area (Å²) < 4.78 is 14.2. The number of halogens is 1. The molecule has 164 valence electrons. The molecule has 1 N–H and O–H groups in total. The maximum Gasteiger partial charge on any atom is 0.282 e. The molecular formula is C23H22FN5OS2. The third-order valence-corrected chi connectivity index (χ3v) is 7.74. The molecule has 6 nitrogen and oxygen atoms in total. The highest BCUT2D eigenvalue weighted by atomic mass is 32.1. The molecule has 0 saturated carbocycles. The molecule has 0 radical (unpaired) electrons. The molecule has 2 aromatic heterocycles. The van der Waals surface area contributed by atoms with Crippen LogP contribution in [0.25, 0.3) is 10.2 Å². The number of aromatic nitrogens is 3. The minimum atomic E-state index is -0.294. The van der Waals surface area contributed by atoms with Crippen molar-refractivity contribution in [3.8, 4) is 0 Å². The number of likely N-dealkylation sites (tertiary alicyclic amines) is 1. The van der Waals surface area contributed by atoms with Crippen molar-refractivity contribution in [1.29, 1.82) is 0 Å². The molecule has 0 bridgehead atoms. The summed E-state index contributed by atoms with van der Waals surface area (Å²) in [6.45, 7) is 2.99. The fraction of sp³-hybridized carbons (Fsp3) is 0.304. The summed E-state index contributed by atoms with van der Waals surface area (Å²) >= 11 is 3.13. The van der Waals surface area contributed by atoms with Gasteiger partial charge < -0.3 is 5.32 Å². The number of thiazole rings is 1. The molecule has 1 amide bonds. The van der Waals surface area contributed by atoms with E-state index in [0.29, 0.717) is 24.0 Å². The second-order valence-electron chi connectivity index (χ2n) is 7.88. The van der Waals surface area contributed by atoms with E-state index in [9.17, 15) is 9.18 Å². The van der Waals surface area contributed by atoms with E-state index in [2.05, 4.69) is 38.6 Å². The van der Waals surface area contributed by atoms with Crippen LogP contribution in [-0.2, 0) is 13.1 Å². The Hall–Kier alpha value is -2.75. The zero-order valence-electron chi connectivity index (χ0n) is 17.3. The Morgan fingerprint density at radius 1 is 1.06 bits per heavy atom. The minimum Gasteiger partial charge on any atom is -0.346 e. The highest BCUT2D eigenvalue weighted by Gasteiger charge is 2.24. The van der Waals surface area contributed by atoms with Crippen LogP contribution in [0.3, 0.4) is 0 Å². The third-order valence-electron chi connectivity index (χ3n) is 5.63. The van der Waals surface area contributed by atoms with E-state index >= 15 is 0 Å². The second kappa shape index (κ2) is 9.40. The fourth-order valence-corrected chi connectivity index (χ4v) is 5.80. The minimum absolute atomic E-state index is 0.257. The number of hydrogen-bond donors (Lipinski definition) is 1. The first-order chi connectivity index (χ1) is 15.6. The van der Waals surface area contributed by atoms with Crippen LogP contribution in [0.5, 0.6) is 0 Å². The summed E-state index contributed by atoms with van der Waals surface area (Å²) in [5, 5.41) is 13.5. The number of amides is 1. The molecule has 0 unspecified atom stereocenters. The van der Waals surface area contributed by atoms with E-state index in [1.165, 1.54) is 33.2 Å². The predicted molar refractivity (Wildman–Crippen MR) is 124 cm³/mol. The molecule has 1 fully saturated rings.